The minimum atomic E-state index is -1.00. The lowest BCUT2D eigenvalue weighted by molar-refractivity contribution is -0.127. The second kappa shape index (κ2) is 6.10. The number of carbonyl (C=O) groups excluding carboxylic acids is 1. The Bertz CT molecular complexity index is 439. The lowest BCUT2D eigenvalue weighted by atomic mass is 9.92. The van der Waals surface area contributed by atoms with Gasteiger partial charge in [-0.05, 0) is 31.9 Å². The van der Waals surface area contributed by atoms with Crippen LogP contribution in [0.2, 0.25) is 0 Å². The van der Waals surface area contributed by atoms with Crippen LogP contribution in [0.5, 0.6) is 0 Å². The first-order valence-electron chi connectivity index (χ1n) is 6.39. The van der Waals surface area contributed by atoms with Crippen molar-refractivity contribution in [2.45, 2.75) is 45.2 Å². The van der Waals surface area contributed by atoms with Crippen LogP contribution in [0.1, 0.15) is 45.2 Å². The van der Waals surface area contributed by atoms with Crippen molar-refractivity contribution < 1.29 is 13.6 Å². The molecule has 0 spiro atoms. The number of halogens is 2. The molecule has 19 heavy (non-hydrogen) atoms. The number of benzene rings is 1. The molecule has 0 fully saturated rings. The Hall–Kier alpha value is -1.49. The van der Waals surface area contributed by atoms with E-state index in [1.165, 1.54) is 13.0 Å². The van der Waals surface area contributed by atoms with Crippen molar-refractivity contribution in [3.05, 3.63) is 35.4 Å². The molecule has 0 aliphatic carbocycles. The first kappa shape index (κ1) is 15.6. The van der Waals surface area contributed by atoms with E-state index in [0.29, 0.717) is 12.8 Å². The summed E-state index contributed by atoms with van der Waals surface area (Å²) < 4.78 is 27.2. The van der Waals surface area contributed by atoms with Gasteiger partial charge >= 0.3 is 0 Å². The molecule has 0 aliphatic heterocycles. The van der Waals surface area contributed by atoms with Gasteiger partial charge in [-0.15, -0.1) is 0 Å². The zero-order valence-electron chi connectivity index (χ0n) is 11.5. The molecular weight excluding hydrogens is 250 g/mol. The van der Waals surface area contributed by atoms with Crippen LogP contribution >= 0.6 is 0 Å². The molecule has 0 aliphatic rings. The highest BCUT2D eigenvalue weighted by atomic mass is 19.1. The second-order valence-corrected chi connectivity index (χ2v) is 4.69. The highest BCUT2D eigenvalue weighted by Crippen LogP contribution is 2.21. The van der Waals surface area contributed by atoms with Crippen molar-refractivity contribution in [1.29, 1.82) is 0 Å². The van der Waals surface area contributed by atoms with Crippen LogP contribution in [-0.2, 0) is 4.79 Å². The van der Waals surface area contributed by atoms with E-state index in [1.807, 2.05) is 0 Å². The normalized spacial score (nSPS) is 13.2. The van der Waals surface area contributed by atoms with Crippen molar-refractivity contribution in [2.75, 3.05) is 0 Å². The summed E-state index contributed by atoms with van der Waals surface area (Å²) in [6, 6.07) is 2.84. The van der Waals surface area contributed by atoms with Gasteiger partial charge in [-0.3, -0.25) is 4.79 Å². The summed E-state index contributed by atoms with van der Waals surface area (Å²) in [6.07, 6.45) is 0.920. The van der Waals surface area contributed by atoms with Gasteiger partial charge in [0.25, 0.3) is 0 Å². The zero-order valence-corrected chi connectivity index (χ0v) is 11.5. The Kier molecular flexibility index (Phi) is 5.00. The van der Waals surface area contributed by atoms with E-state index in [9.17, 15) is 13.6 Å². The maximum Gasteiger partial charge on any atom is 0.240 e. The van der Waals surface area contributed by atoms with Crippen LogP contribution in [0.25, 0.3) is 0 Å². The summed E-state index contributed by atoms with van der Waals surface area (Å²) in [6.45, 7) is 5.14. The third-order valence-corrected chi connectivity index (χ3v) is 3.49. The van der Waals surface area contributed by atoms with Crippen molar-refractivity contribution in [3.63, 3.8) is 0 Å². The number of amides is 1. The first-order chi connectivity index (χ1) is 8.85. The first-order valence-corrected chi connectivity index (χ1v) is 6.39. The van der Waals surface area contributed by atoms with E-state index in [-0.39, 0.29) is 5.56 Å². The molecule has 3 nitrogen and oxygen atoms in total. The predicted molar refractivity (Wildman–Crippen MR) is 70.4 cm³/mol. The van der Waals surface area contributed by atoms with Crippen LogP contribution in [-0.4, -0.2) is 11.4 Å². The number of nitrogens with two attached hydrogens (primary N) is 1. The summed E-state index contributed by atoms with van der Waals surface area (Å²) in [4.78, 5) is 12.1. The third kappa shape index (κ3) is 3.29. The Labute approximate surface area is 112 Å². The smallest absolute Gasteiger partial charge is 0.240 e. The summed E-state index contributed by atoms with van der Waals surface area (Å²) in [5.74, 6) is -1.75. The summed E-state index contributed by atoms with van der Waals surface area (Å²) >= 11 is 0. The molecular formula is C14H20F2N2O. The van der Waals surface area contributed by atoms with Crippen molar-refractivity contribution in [3.8, 4) is 0 Å². The minimum Gasteiger partial charge on any atom is -0.348 e. The third-order valence-electron chi connectivity index (χ3n) is 3.49. The van der Waals surface area contributed by atoms with Gasteiger partial charge in [-0.2, -0.15) is 0 Å². The molecule has 1 unspecified atom stereocenters. The van der Waals surface area contributed by atoms with Gasteiger partial charge in [0.15, 0.2) is 0 Å². The minimum absolute atomic E-state index is 0.148. The van der Waals surface area contributed by atoms with E-state index in [1.54, 1.807) is 13.8 Å². The molecule has 0 aromatic heterocycles. The van der Waals surface area contributed by atoms with Crippen LogP contribution < -0.4 is 11.1 Å². The molecule has 106 valence electrons. The average molecular weight is 270 g/mol. The maximum atomic E-state index is 13.6. The van der Waals surface area contributed by atoms with E-state index in [4.69, 9.17) is 5.73 Å². The fourth-order valence-corrected chi connectivity index (χ4v) is 1.91. The van der Waals surface area contributed by atoms with E-state index >= 15 is 0 Å². The number of rotatable bonds is 5. The monoisotopic (exact) mass is 270 g/mol. The topological polar surface area (TPSA) is 55.1 Å². The fourth-order valence-electron chi connectivity index (χ4n) is 1.91. The molecule has 1 atom stereocenters. The van der Waals surface area contributed by atoms with E-state index in [0.717, 1.165) is 12.1 Å². The van der Waals surface area contributed by atoms with Crippen molar-refractivity contribution in [2.24, 2.45) is 5.73 Å². The molecule has 0 radical (unpaired) electrons. The molecule has 1 aromatic rings. The van der Waals surface area contributed by atoms with Gasteiger partial charge in [0.1, 0.15) is 11.6 Å². The average Bonchev–Trinajstić information content (AvgIpc) is 2.37. The van der Waals surface area contributed by atoms with Gasteiger partial charge in [-0.25, -0.2) is 8.78 Å². The van der Waals surface area contributed by atoms with Crippen LogP contribution in [0.3, 0.4) is 0 Å². The molecule has 5 heteroatoms. The molecule has 1 rings (SSSR count). The molecule has 0 heterocycles. The van der Waals surface area contributed by atoms with Gasteiger partial charge in [0, 0.05) is 5.56 Å². The summed E-state index contributed by atoms with van der Waals surface area (Å²) in [5, 5.41) is 2.58. The van der Waals surface area contributed by atoms with Crippen LogP contribution in [0.15, 0.2) is 18.2 Å². The SMILES string of the molecule is CCC(N)(CC)C(=O)NC(C)c1c(F)cccc1F. The molecule has 1 aromatic carbocycles. The van der Waals surface area contributed by atoms with Gasteiger partial charge < -0.3 is 11.1 Å². The molecule has 0 saturated carbocycles. The Morgan fingerprint density at radius 3 is 2.21 bits per heavy atom. The van der Waals surface area contributed by atoms with Gasteiger partial charge in [-0.1, -0.05) is 19.9 Å². The molecule has 1 amide bonds. The standard InChI is InChI=1S/C14H20F2N2O/c1-4-14(17,5-2)13(19)18-9(3)12-10(15)7-6-8-11(12)16/h6-9H,4-5,17H2,1-3H3,(H,18,19). The Morgan fingerprint density at radius 1 is 1.32 bits per heavy atom. The van der Waals surface area contributed by atoms with Gasteiger partial charge in [0.05, 0.1) is 11.6 Å². The maximum absolute atomic E-state index is 13.6. The number of hydrogen-bond acceptors (Lipinski definition) is 2. The summed E-state index contributed by atoms with van der Waals surface area (Å²) in [7, 11) is 0. The van der Waals surface area contributed by atoms with Crippen molar-refractivity contribution >= 4 is 5.91 Å². The quantitative estimate of drug-likeness (QED) is 0.864. The van der Waals surface area contributed by atoms with E-state index < -0.39 is 29.1 Å². The number of nitrogens with one attached hydrogen (secondary N) is 1. The lowest BCUT2D eigenvalue weighted by Gasteiger charge is -2.27. The lowest BCUT2D eigenvalue weighted by Crippen LogP contribution is -2.53. The second-order valence-electron chi connectivity index (χ2n) is 4.69. The van der Waals surface area contributed by atoms with Crippen molar-refractivity contribution in [1.82, 2.24) is 5.32 Å². The number of hydrogen-bond donors (Lipinski definition) is 2. The zero-order chi connectivity index (χ0) is 14.6. The Morgan fingerprint density at radius 2 is 1.79 bits per heavy atom. The molecule has 3 N–H and O–H groups in total. The highest BCUT2D eigenvalue weighted by molar-refractivity contribution is 5.86. The van der Waals surface area contributed by atoms with Gasteiger partial charge in [0.2, 0.25) is 5.91 Å². The number of carbonyl (C=O) groups is 1. The molecule has 0 bridgehead atoms. The Balaban J connectivity index is 2.92. The largest absolute Gasteiger partial charge is 0.348 e. The van der Waals surface area contributed by atoms with E-state index in [2.05, 4.69) is 5.32 Å². The highest BCUT2D eigenvalue weighted by Gasteiger charge is 2.31. The summed E-state index contributed by atoms with van der Waals surface area (Å²) in [5.41, 5.74) is 4.79. The predicted octanol–water partition coefficient (Wildman–Crippen LogP) is 2.66. The van der Waals surface area contributed by atoms with Crippen LogP contribution in [0.4, 0.5) is 8.78 Å². The van der Waals surface area contributed by atoms with Crippen LogP contribution in [0, 0.1) is 11.6 Å². The fraction of sp³-hybridized carbons (Fsp3) is 0.500. The molecule has 0 saturated heterocycles.